The number of hydrogen-bond acceptors (Lipinski definition) is 10. The smallest absolute Gasteiger partial charge is 0.336 e. The topological polar surface area (TPSA) is 138 Å². The summed E-state index contributed by atoms with van der Waals surface area (Å²) in [6.45, 7) is 4.52. The number of hydrogen-bond donors (Lipinski definition) is 1. The Labute approximate surface area is 196 Å². The highest BCUT2D eigenvalue weighted by atomic mass is 16.6. The Morgan fingerprint density at radius 2 is 1.79 bits per heavy atom. The number of methoxy groups -OCH3 is 1. The number of phenolic OH excluding ortho intramolecular Hbond substituents is 1. The van der Waals surface area contributed by atoms with Crippen LogP contribution in [0.15, 0.2) is 35.7 Å². The van der Waals surface area contributed by atoms with Crippen LogP contribution < -0.4 is 4.74 Å². The lowest BCUT2D eigenvalue weighted by molar-refractivity contribution is -0.386. The Balaban J connectivity index is 2.16. The number of phenols is 1. The summed E-state index contributed by atoms with van der Waals surface area (Å²) in [5.74, 6) is -3.25. The van der Waals surface area contributed by atoms with Gasteiger partial charge in [-0.1, -0.05) is 0 Å². The van der Waals surface area contributed by atoms with Crippen molar-refractivity contribution in [3.05, 3.63) is 51.4 Å². The van der Waals surface area contributed by atoms with E-state index < -0.39 is 34.2 Å². The van der Waals surface area contributed by atoms with Gasteiger partial charge < -0.3 is 29.0 Å². The van der Waals surface area contributed by atoms with Crippen molar-refractivity contribution in [1.82, 2.24) is 4.90 Å². The third kappa shape index (κ3) is 5.30. The molecule has 1 atom stereocenters. The van der Waals surface area contributed by atoms with Crippen LogP contribution in [-0.2, 0) is 23.8 Å². The highest BCUT2D eigenvalue weighted by Gasteiger charge is 2.38. The van der Waals surface area contributed by atoms with E-state index in [1.54, 1.807) is 31.1 Å². The molecular formula is C23H28N2O9. The van der Waals surface area contributed by atoms with Gasteiger partial charge >= 0.3 is 17.6 Å². The number of benzene rings is 1. The molecule has 0 unspecified atom stereocenters. The van der Waals surface area contributed by atoms with Crippen LogP contribution in [0.3, 0.4) is 0 Å². The van der Waals surface area contributed by atoms with Crippen LogP contribution >= 0.6 is 0 Å². The Bertz CT molecular complexity index is 976. The molecule has 1 fully saturated rings. The van der Waals surface area contributed by atoms with Gasteiger partial charge in [0, 0.05) is 31.6 Å². The molecule has 34 heavy (non-hydrogen) atoms. The molecule has 2 heterocycles. The number of nitro benzene ring substituents is 1. The van der Waals surface area contributed by atoms with Gasteiger partial charge in [0.15, 0.2) is 5.75 Å². The maximum Gasteiger partial charge on any atom is 0.336 e. The van der Waals surface area contributed by atoms with Crippen molar-refractivity contribution >= 4 is 17.6 Å². The van der Waals surface area contributed by atoms with Gasteiger partial charge in [0.25, 0.3) is 0 Å². The molecule has 1 N–H and O–H groups in total. The van der Waals surface area contributed by atoms with E-state index in [9.17, 15) is 24.8 Å². The Hall–Kier alpha value is -3.60. The van der Waals surface area contributed by atoms with Crippen molar-refractivity contribution in [1.29, 1.82) is 0 Å². The summed E-state index contributed by atoms with van der Waals surface area (Å²) in [7, 11) is 1.25. The van der Waals surface area contributed by atoms with Gasteiger partial charge in [-0.05, 0) is 38.3 Å². The zero-order valence-electron chi connectivity index (χ0n) is 19.3. The quantitative estimate of drug-likeness (QED) is 0.322. The molecule has 1 saturated heterocycles. The van der Waals surface area contributed by atoms with Crippen molar-refractivity contribution in [3.63, 3.8) is 0 Å². The van der Waals surface area contributed by atoms with E-state index in [4.69, 9.17) is 18.9 Å². The van der Waals surface area contributed by atoms with Gasteiger partial charge in [-0.15, -0.1) is 0 Å². The van der Waals surface area contributed by atoms with Crippen molar-refractivity contribution in [3.8, 4) is 11.5 Å². The number of nitrogens with zero attached hydrogens (tertiary/aromatic N) is 2. The molecule has 3 rings (SSSR count). The fraction of sp³-hybridized carbons (Fsp3) is 0.478. The molecule has 11 nitrogen and oxygen atoms in total. The minimum Gasteiger partial charge on any atom is -0.500 e. The van der Waals surface area contributed by atoms with Crippen LogP contribution in [0.25, 0.3) is 0 Å². The van der Waals surface area contributed by atoms with Crippen LogP contribution in [0.2, 0.25) is 0 Å². The molecule has 1 aromatic carbocycles. The Morgan fingerprint density at radius 3 is 2.26 bits per heavy atom. The first-order chi connectivity index (χ1) is 16.3. The molecule has 0 radical (unpaired) electrons. The minimum absolute atomic E-state index is 0.0780. The molecule has 184 valence electrons. The fourth-order valence-electron chi connectivity index (χ4n) is 4.04. The zero-order valence-corrected chi connectivity index (χ0v) is 19.3. The normalized spacial score (nSPS) is 18.2. The highest BCUT2D eigenvalue weighted by Crippen LogP contribution is 2.44. The van der Waals surface area contributed by atoms with Crippen molar-refractivity contribution < 1.29 is 38.6 Å². The van der Waals surface area contributed by atoms with Gasteiger partial charge in [-0.2, -0.15) is 0 Å². The number of esters is 2. The number of aromatic hydroxyl groups is 1. The lowest BCUT2D eigenvalue weighted by atomic mass is 9.82. The molecule has 11 heteroatoms. The van der Waals surface area contributed by atoms with Crippen LogP contribution in [0.1, 0.15) is 38.2 Å². The largest absolute Gasteiger partial charge is 0.500 e. The van der Waals surface area contributed by atoms with E-state index in [2.05, 4.69) is 0 Å². The highest BCUT2D eigenvalue weighted by molar-refractivity contribution is 5.98. The summed E-state index contributed by atoms with van der Waals surface area (Å²) in [6.07, 6.45) is 4.79. The van der Waals surface area contributed by atoms with E-state index >= 15 is 0 Å². The number of carbonyl (C=O) groups excluding carboxylic acids is 2. The molecule has 0 bridgehead atoms. The molecule has 0 aliphatic carbocycles. The summed E-state index contributed by atoms with van der Waals surface area (Å²) in [5, 5.41) is 21.8. The summed E-state index contributed by atoms with van der Waals surface area (Å²) < 4.78 is 21.3. The zero-order chi connectivity index (χ0) is 24.8. The average molecular weight is 476 g/mol. The monoisotopic (exact) mass is 476 g/mol. The average Bonchev–Trinajstić information content (AvgIpc) is 3.32. The molecule has 1 aromatic rings. The molecule has 2 aliphatic rings. The summed E-state index contributed by atoms with van der Waals surface area (Å²) in [6, 6.07) is 2.46. The number of nitro groups is 1. The van der Waals surface area contributed by atoms with E-state index in [0.717, 1.165) is 18.9 Å². The van der Waals surface area contributed by atoms with E-state index in [0.29, 0.717) is 13.2 Å². The van der Waals surface area contributed by atoms with Crippen molar-refractivity contribution in [2.24, 2.45) is 0 Å². The predicted molar refractivity (Wildman–Crippen MR) is 119 cm³/mol. The number of ether oxygens (including phenoxy) is 4. The van der Waals surface area contributed by atoms with Crippen LogP contribution in [0, 0.1) is 10.1 Å². The molecule has 2 aliphatic heterocycles. The number of carbonyl (C=O) groups is 2. The summed E-state index contributed by atoms with van der Waals surface area (Å²) in [5.41, 5.74) is -0.251. The molecule has 0 saturated carbocycles. The lowest BCUT2D eigenvalue weighted by Gasteiger charge is -2.31. The van der Waals surface area contributed by atoms with Crippen LogP contribution in [0.5, 0.6) is 11.5 Å². The molecule has 0 amide bonds. The second-order valence-corrected chi connectivity index (χ2v) is 7.72. The number of rotatable bonds is 9. The van der Waals surface area contributed by atoms with Gasteiger partial charge in [0.05, 0.1) is 48.4 Å². The van der Waals surface area contributed by atoms with Crippen LogP contribution in [0.4, 0.5) is 5.69 Å². The van der Waals surface area contributed by atoms with Crippen molar-refractivity contribution in [2.75, 3.05) is 33.5 Å². The maximum atomic E-state index is 13.0. The van der Waals surface area contributed by atoms with Gasteiger partial charge in [0.1, 0.15) is 0 Å². The van der Waals surface area contributed by atoms with Gasteiger partial charge in [-0.25, -0.2) is 9.59 Å². The fourth-order valence-corrected chi connectivity index (χ4v) is 4.04. The minimum atomic E-state index is -1.05. The second-order valence-electron chi connectivity index (χ2n) is 7.72. The third-order valence-electron chi connectivity index (χ3n) is 5.52. The van der Waals surface area contributed by atoms with E-state index in [1.807, 2.05) is 0 Å². The lowest BCUT2D eigenvalue weighted by Crippen LogP contribution is -2.32. The first kappa shape index (κ1) is 25.0. The second kappa shape index (κ2) is 11.0. The Morgan fingerprint density at radius 1 is 1.18 bits per heavy atom. The van der Waals surface area contributed by atoms with E-state index in [-0.39, 0.29) is 41.8 Å². The van der Waals surface area contributed by atoms with Gasteiger partial charge in [0.2, 0.25) is 5.75 Å². The molecular weight excluding hydrogens is 448 g/mol. The standard InChI is InChI=1S/C23H28N2O9/c1-4-32-22(27)16-12-24(11-15-7-6-8-34-15)13-17(23(28)33-5-2)20(16)14-9-18(25(29)30)21(26)19(10-14)31-3/h9-10,12-13,15,20,26H,4-8,11H2,1-3H3/t15-/m1/s1. The maximum absolute atomic E-state index is 13.0. The van der Waals surface area contributed by atoms with Crippen molar-refractivity contribution in [2.45, 2.75) is 38.7 Å². The third-order valence-corrected chi connectivity index (χ3v) is 5.52. The van der Waals surface area contributed by atoms with Crippen LogP contribution in [-0.4, -0.2) is 66.4 Å². The summed E-state index contributed by atoms with van der Waals surface area (Å²) in [4.78, 5) is 38.4. The summed E-state index contributed by atoms with van der Waals surface area (Å²) >= 11 is 0. The first-order valence-electron chi connectivity index (χ1n) is 11.0. The SMILES string of the molecule is CCOC(=O)C1=CN(C[C@H]2CCCO2)C=C(C(=O)OCC)C1c1cc(OC)c(O)c([N+](=O)[O-])c1. The Kier molecular flexibility index (Phi) is 8.11. The van der Waals surface area contributed by atoms with E-state index in [1.165, 1.54) is 13.2 Å². The first-order valence-corrected chi connectivity index (χ1v) is 11.0. The molecule has 0 spiro atoms. The molecule has 0 aromatic heterocycles. The van der Waals surface area contributed by atoms with Gasteiger partial charge in [-0.3, -0.25) is 10.1 Å². The predicted octanol–water partition coefficient (Wildman–Crippen LogP) is 2.78.